The first-order chi connectivity index (χ1) is 10.6. The van der Waals surface area contributed by atoms with E-state index in [-0.39, 0.29) is 0 Å². The van der Waals surface area contributed by atoms with E-state index in [4.69, 9.17) is 16.7 Å². The molecule has 108 valence electrons. The van der Waals surface area contributed by atoms with Crippen LogP contribution >= 0.6 is 11.6 Å². The quantitative estimate of drug-likeness (QED) is 0.716. The van der Waals surface area contributed by atoms with Crippen molar-refractivity contribution < 1.29 is 9.90 Å². The smallest absolute Gasteiger partial charge is 0.328 e. The monoisotopic (exact) mass is 309 g/mol. The minimum absolute atomic E-state index is 0.608. The van der Waals surface area contributed by atoms with E-state index >= 15 is 0 Å². The Balaban J connectivity index is 2.15. The number of carboxylic acid groups (broad SMARTS) is 1. The molecule has 4 heteroatoms. The van der Waals surface area contributed by atoms with Crippen LogP contribution in [0, 0.1) is 0 Å². The topological polar surface area (TPSA) is 50.2 Å². The van der Waals surface area contributed by atoms with Crippen molar-refractivity contribution in [3.63, 3.8) is 0 Å². The second-order valence-electron chi connectivity index (χ2n) is 4.79. The number of benzene rings is 2. The first kappa shape index (κ1) is 14.3. The second-order valence-corrected chi connectivity index (χ2v) is 5.23. The number of rotatable bonds is 3. The van der Waals surface area contributed by atoms with Crippen molar-refractivity contribution in [1.82, 2.24) is 4.98 Å². The summed E-state index contributed by atoms with van der Waals surface area (Å²) >= 11 is 5.93. The standard InChI is InChI=1S/C18H12ClNO2/c19-14-7-4-12(5-8-14)16-3-1-2-13-6-9-15(20-18(13)16)10-11-17(21)22/h1-11H,(H,21,22). The molecule has 0 bridgehead atoms. The van der Waals surface area contributed by atoms with Crippen molar-refractivity contribution in [2.45, 2.75) is 0 Å². The van der Waals surface area contributed by atoms with Gasteiger partial charge in [0.25, 0.3) is 0 Å². The second kappa shape index (κ2) is 6.00. The predicted octanol–water partition coefficient (Wildman–Crippen LogP) is 4.65. The van der Waals surface area contributed by atoms with E-state index in [0.717, 1.165) is 28.1 Å². The fraction of sp³-hybridized carbons (Fsp3) is 0. The van der Waals surface area contributed by atoms with Crippen LogP contribution < -0.4 is 0 Å². The van der Waals surface area contributed by atoms with Gasteiger partial charge in [0, 0.05) is 22.0 Å². The number of nitrogens with zero attached hydrogens (tertiary/aromatic N) is 1. The Bertz CT molecular complexity index is 870. The Morgan fingerprint density at radius 2 is 1.82 bits per heavy atom. The third-order valence-corrected chi connectivity index (χ3v) is 3.55. The molecule has 0 amide bonds. The van der Waals surface area contributed by atoms with Crippen LogP contribution in [-0.2, 0) is 4.79 Å². The van der Waals surface area contributed by atoms with Crippen molar-refractivity contribution in [3.8, 4) is 11.1 Å². The molecule has 0 aliphatic heterocycles. The van der Waals surface area contributed by atoms with Crippen LogP contribution in [0.2, 0.25) is 5.02 Å². The van der Waals surface area contributed by atoms with Crippen molar-refractivity contribution in [3.05, 3.63) is 71.4 Å². The van der Waals surface area contributed by atoms with Gasteiger partial charge in [0.15, 0.2) is 0 Å². The molecule has 2 aromatic carbocycles. The zero-order valence-electron chi connectivity index (χ0n) is 11.5. The largest absolute Gasteiger partial charge is 0.478 e. The zero-order valence-corrected chi connectivity index (χ0v) is 12.3. The Morgan fingerprint density at radius 3 is 2.55 bits per heavy atom. The lowest BCUT2D eigenvalue weighted by atomic mass is 10.0. The minimum Gasteiger partial charge on any atom is -0.478 e. The van der Waals surface area contributed by atoms with Crippen LogP contribution in [-0.4, -0.2) is 16.1 Å². The summed E-state index contributed by atoms with van der Waals surface area (Å²) in [6.45, 7) is 0. The molecule has 0 atom stereocenters. The van der Waals surface area contributed by atoms with Gasteiger partial charge in [-0.2, -0.15) is 0 Å². The molecule has 0 unspecified atom stereocenters. The van der Waals surface area contributed by atoms with Gasteiger partial charge in [-0.25, -0.2) is 9.78 Å². The van der Waals surface area contributed by atoms with Gasteiger partial charge in [-0.15, -0.1) is 0 Å². The molecule has 0 radical (unpaired) electrons. The van der Waals surface area contributed by atoms with Gasteiger partial charge in [0.2, 0.25) is 0 Å². The number of carboxylic acids is 1. The number of aromatic nitrogens is 1. The van der Waals surface area contributed by atoms with Crippen molar-refractivity contribution in [2.75, 3.05) is 0 Å². The highest BCUT2D eigenvalue weighted by Gasteiger charge is 2.06. The third kappa shape index (κ3) is 3.00. The first-order valence-electron chi connectivity index (χ1n) is 6.70. The van der Waals surface area contributed by atoms with Crippen LogP contribution in [0.1, 0.15) is 5.69 Å². The Labute approximate surface area is 132 Å². The first-order valence-corrected chi connectivity index (χ1v) is 7.08. The molecule has 0 fully saturated rings. The van der Waals surface area contributed by atoms with Gasteiger partial charge in [-0.1, -0.05) is 48.0 Å². The van der Waals surface area contributed by atoms with E-state index in [9.17, 15) is 4.79 Å². The van der Waals surface area contributed by atoms with E-state index in [0.29, 0.717) is 10.7 Å². The lowest BCUT2D eigenvalue weighted by Gasteiger charge is -2.07. The molecule has 3 nitrogen and oxygen atoms in total. The summed E-state index contributed by atoms with van der Waals surface area (Å²) in [5.41, 5.74) is 3.44. The highest BCUT2D eigenvalue weighted by Crippen LogP contribution is 2.28. The van der Waals surface area contributed by atoms with Gasteiger partial charge < -0.3 is 5.11 Å². The molecule has 0 aliphatic carbocycles. The normalized spacial score (nSPS) is 11.1. The zero-order chi connectivity index (χ0) is 15.5. The number of pyridine rings is 1. The number of fused-ring (bicyclic) bond motifs is 1. The average Bonchev–Trinajstić information content (AvgIpc) is 2.53. The summed E-state index contributed by atoms with van der Waals surface area (Å²) in [6, 6.07) is 17.2. The van der Waals surface area contributed by atoms with Crippen LogP contribution in [0.3, 0.4) is 0 Å². The lowest BCUT2D eigenvalue weighted by Crippen LogP contribution is -1.90. The van der Waals surface area contributed by atoms with Gasteiger partial charge >= 0.3 is 5.97 Å². The summed E-state index contributed by atoms with van der Waals surface area (Å²) in [6.07, 6.45) is 2.57. The SMILES string of the molecule is O=C(O)C=Cc1ccc2cccc(-c3ccc(Cl)cc3)c2n1. The highest BCUT2D eigenvalue weighted by molar-refractivity contribution is 6.30. The molecule has 3 rings (SSSR count). The summed E-state index contributed by atoms with van der Waals surface area (Å²) < 4.78 is 0. The number of aliphatic carboxylic acids is 1. The van der Waals surface area contributed by atoms with Gasteiger partial charge in [-0.05, 0) is 29.8 Å². The van der Waals surface area contributed by atoms with Gasteiger partial charge in [-0.3, -0.25) is 0 Å². The van der Waals surface area contributed by atoms with E-state index in [1.165, 1.54) is 6.08 Å². The number of para-hydroxylation sites is 1. The van der Waals surface area contributed by atoms with E-state index in [1.807, 2.05) is 48.5 Å². The highest BCUT2D eigenvalue weighted by atomic mass is 35.5. The summed E-state index contributed by atoms with van der Waals surface area (Å²) in [5.74, 6) is -0.993. The third-order valence-electron chi connectivity index (χ3n) is 3.29. The Morgan fingerprint density at radius 1 is 1.05 bits per heavy atom. The maximum Gasteiger partial charge on any atom is 0.328 e. The molecule has 22 heavy (non-hydrogen) atoms. The van der Waals surface area contributed by atoms with Gasteiger partial charge in [0.05, 0.1) is 11.2 Å². The molecule has 0 saturated heterocycles. The average molecular weight is 310 g/mol. The van der Waals surface area contributed by atoms with E-state index in [2.05, 4.69) is 4.98 Å². The van der Waals surface area contributed by atoms with Crippen LogP contribution in [0.5, 0.6) is 0 Å². The fourth-order valence-corrected chi connectivity index (χ4v) is 2.40. The molecular formula is C18H12ClNO2. The molecule has 0 spiro atoms. The Hall–Kier alpha value is -2.65. The molecule has 1 aromatic heterocycles. The predicted molar refractivity (Wildman–Crippen MR) is 88.9 cm³/mol. The number of hydrogen-bond acceptors (Lipinski definition) is 2. The summed E-state index contributed by atoms with van der Waals surface area (Å²) in [7, 11) is 0. The van der Waals surface area contributed by atoms with Crippen molar-refractivity contribution >= 4 is 34.5 Å². The summed E-state index contributed by atoms with van der Waals surface area (Å²) in [5, 5.41) is 10.4. The van der Waals surface area contributed by atoms with Crippen molar-refractivity contribution in [2.24, 2.45) is 0 Å². The minimum atomic E-state index is -0.993. The number of hydrogen-bond donors (Lipinski definition) is 1. The molecule has 1 heterocycles. The molecular weight excluding hydrogens is 298 g/mol. The van der Waals surface area contributed by atoms with Gasteiger partial charge in [0.1, 0.15) is 0 Å². The Kier molecular flexibility index (Phi) is 3.90. The molecule has 3 aromatic rings. The maximum absolute atomic E-state index is 10.6. The van der Waals surface area contributed by atoms with Crippen LogP contribution in [0.25, 0.3) is 28.1 Å². The molecule has 1 N–H and O–H groups in total. The summed E-state index contributed by atoms with van der Waals surface area (Å²) in [4.78, 5) is 15.2. The number of halogens is 1. The van der Waals surface area contributed by atoms with Crippen LogP contribution in [0.15, 0.2) is 60.7 Å². The molecule has 0 aliphatic rings. The molecule has 0 saturated carbocycles. The van der Waals surface area contributed by atoms with Crippen molar-refractivity contribution in [1.29, 1.82) is 0 Å². The van der Waals surface area contributed by atoms with E-state index in [1.54, 1.807) is 6.07 Å². The number of carbonyl (C=O) groups is 1. The lowest BCUT2D eigenvalue weighted by molar-refractivity contribution is -0.131. The van der Waals surface area contributed by atoms with Crippen LogP contribution in [0.4, 0.5) is 0 Å². The fourth-order valence-electron chi connectivity index (χ4n) is 2.27. The maximum atomic E-state index is 10.6. The van der Waals surface area contributed by atoms with E-state index < -0.39 is 5.97 Å².